The van der Waals surface area contributed by atoms with Crippen molar-refractivity contribution in [2.24, 2.45) is 5.92 Å². The number of aromatic nitrogens is 4. The normalized spacial score (nSPS) is 13.0. The van der Waals surface area contributed by atoms with Gasteiger partial charge in [-0.2, -0.15) is 10.2 Å². The summed E-state index contributed by atoms with van der Waals surface area (Å²) in [4.78, 5) is 0. The van der Waals surface area contributed by atoms with E-state index in [1.165, 1.54) is 0 Å². The molecule has 1 unspecified atom stereocenters. The number of nitrogens with one attached hydrogen (secondary N) is 1. The fourth-order valence-electron chi connectivity index (χ4n) is 2.14. The molecule has 21 heavy (non-hydrogen) atoms. The summed E-state index contributed by atoms with van der Waals surface area (Å²) in [6, 6.07) is 4.59. The first-order valence-corrected chi connectivity index (χ1v) is 7.85. The van der Waals surface area contributed by atoms with Crippen molar-refractivity contribution in [2.75, 3.05) is 6.54 Å². The highest BCUT2D eigenvalue weighted by Gasteiger charge is 2.06. The molecule has 2 aromatic rings. The Morgan fingerprint density at radius 2 is 1.86 bits per heavy atom. The van der Waals surface area contributed by atoms with Crippen molar-refractivity contribution in [3.8, 4) is 0 Å². The zero-order chi connectivity index (χ0) is 15.2. The molecule has 0 saturated carbocycles. The van der Waals surface area contributed by atoms with Crippen LogP contribution >= 0.6 is 0 Å². The third-order valence-electron chi connectivity index (χ3n) is 3.58. The average molecular weight is 289 g/mol. The lowest BCUT2D eigenvalue weighted by molar-refractivity contribution is 0.470. The maximum absolute atomic E-state index is 4.61. The van der Waals surface area contributed by atoms with Crippen molar-refractivity contribution in [1.82, 2.24) is 24.9 Å². The second kappa shape index (κ2) is 7.41. The highest BCUT2D eigenvalue weighted by Crippen LogP contribution is 2.10. The van der Waals surface area contributed by atoms with Crippen molar-refractivity contribution in [2.45, 2.75) is 53.2 Å². The largest absolute Gasteiger partial charge is 0.311 e. The molecule has 1 N–H and O–H groups in total. The fraction of sp³-hybridized carbons (Fsp3) is 0.625. The summed E-state index contributed by atoms with van der Waals surface area (Å²) in [5.74, 6) is 0.664. The summed E-state index contributed by atoms with van der Waals surface area (Å²) < 4.78 is 3.99. The van der Waals surface area contributed by atoms with Crippen LogP contribution in [-0.2, 0) is 13.1 Å². The van der Waals surface area contributed by atoms with Crippen LogP contribution in [0.1, 0.15) is 51.5 Å². The zero-order valence-corrected chi connectivity index (χ0v) is 13.6. The van der Waals surface area contributed by atoms with E-state index in [-0.39, 0.29) is 0 Å². The van der Waals surface area contributed by atoms with Gasteiger partial charge in [-0.1, -0.05) is 20.8 Å². The van der Waals surface area contributed by atoms with Crippen LogP contribution < -0.4 is 5.32 Å². The molecule has 2 heterocycles. The van der Waals surface area contributed by atoms with Gasteiger partial charge in [0.2, 0.25) is 0 Å². The molecule has 0 bridgehead atoms. The molecule has 0 saturated heterocycles. The van der Waals surface area contributed by atoms with Crippen molar-refractivity contribution in [3.05, 3.63) is 35.9 Å². The van der Waals surface area contributed by atoms with E-state index in [1.807, 2.05) is 15.6 Å². The van der Waals surface area contributed by atoms with Crippen LogP contribution in [0.5, 0.6) is 0 Å². The minimum atomic E-state index is 0.451. The van der Waals surface area contributed by atoms with E-state index in [4.69, 9.17) is 0 Å². The van der Waals surface area contributed by atoms with Crippen LogP contribution in [0, 0.1) is 5.92 Å². The van der Waals surface area contributed by atoms with Gasteiger partial charge in [-0.3, -0.25) is 9.36 Å². The number of nitrogens with zero attached hydrogens (tertiary/aromatic N) is 4. The predicted octanol–water partition coefficient (Wildman–Crippen LogP) is 2.84. The number of hydrogen-bond donors (Lipinski definition) is 1. The van der Waals surface area contributed by atoms with E-state index in [2.05, 4.69) is 61.5 Å². The van der Waals surface area contributed by atoms with Crippen LogP contribution in [0.25, 0.3) is 0 Å². The SMILES string of the molecule is CCC(C)n1ccc(Cn2ccc(CNCC(C)C)n2)n1. The average Bonchev–Trinajstić information content (AvgIpc) is 3.08. The van der Waals surface area contributed by atoms with Gasteiger partial charge in [0.25, 0.3) is 0 Å². The Labute approximate surface area is 127 Å². The molecule has 116 valence electrons. The maximum atomic E-state index is 4.61. The lowest BCUT2D eigenvalue weighted by Crippen LogP contribution is -2.19. The summed E-state index contributed by atoms with van der Waals surface area (Å²) in [5, 5.41) is 12.6. The molecule has 0 aliphatic heterocycles. The van der Waals surface area contributed by atoms with Crippen LogP contribution in [0.2, 0.25) is 0 Å². The van der Waals surface area contributed by atoms with Crippen molar-refractivity contribution in [3.63, 3.8) is 0 Å². The first kappa shape index (κ1) is 15.8. The second-order valence-electron chi connectivity index (χ2n) is 6.07. The summed E-state index contributed by atoms with van der Waals surface area (Å²) in [5.41, 5.74) is 2.14. The Morgan fingerprint density at radius 1 is 1.10 bits per heavy atom. The van der Waals surface area contributed by atoms with Gasteiger partial charge in [0.1, 0.15) is 0 Å². The summed E-state index contributed by atoms with van der Waals surface area (Å²) in [7, 11) is 0. The smallest absolute Gasteiger partial charge is 0.0849 e. The molecule has 0 aromatic carbocycles. The van der Waals surface area contributed by atoms with Gasteiger partial charge in [0.05, 0.1) is 17.9 Å². The molecule has 5 nitrogen and oxygen atoms in total. The third-order valence-corrected chi connectivity index (χ3v) is 3.58. The maximum Gasteiger partial charge on any atom is 0.0849 e. The van der Waals surface area contributed by atoms with E-state index in [9.17, 15) is 0 Å². The predicted molar refractivity (Wildman–Crippen MR) is 85.1 cm³/mol. The molecule has 0 radical (unpaired) electrons. The monoisotopic (exact) mass is 289 g/mol. The quantitative estimate of drug-likeness (QED) is 0.813. The zero-order valence-electron chi connectivity index (χ0n) is 13.6. The van der Waals surface area contributed by atoms with Gasteiger partial charge < -0.3 is 5.32 Å². The molecular weight excluding hydrogens is 262 g/mol. The molecule has 0 amide bonds. The second-order valence-corrected chi connectivity index (χ2v) is 6.07. The number of hydrogen-bond acceptors (Lipinski definition) is 3. The van der Waals surface area contributed by atoms with Gasteiger partial charge in [-0.05, 0) is 37.9 Å². The highest BCUT2D eigenvalue weighted by atomic mass is 15.3. The number of rotatable bonds is 8. The Kier molecular flexibility index (Phi) is 5.56. The topological polar surface area (TPSA) is 47.7 Å². The summed E-state index contributed by atoms with van der Waals surface area (Å²) in [6.07, 6.45) is 5.17. The minimum Gasteiger partial charge on any atom is -0.311 e. The molecule has 0 fully saturated rings. The van der Waals surface area contributed by atoms with E-state index >= 15 is 0 Å². The van der Waals surface area contributed by atoms with Crippen LogP contribution in [0.15, 0.2) is 24.5 Å². The highest BCUT2D eigenvalue weighted by molar-refractivity contribution is 5.03. The van der Waals surface area contributed by atoms with Gasteiger partial charge in [-0.15, -0.1) is 0 Å². The molecule has 1 atom stereocenters. The standard InChI is InChI=1S/C16H27N5/c1-5-14(4)21-9-7-16(19-21)12-20-8-6-15(18-20)11-17-10-13(2)3/h6-9,13-14,17H,5,10-12H2,1-4H3. The first-order valence-electron chi connectivity index (χ1n) is 7.85. The van der Waals surface area contributed by atoms with Crippen molar-refractivity contribution < 1.29 is 0 Å². The van der Waals surface area contributed by atoms with Crippen LogP contribution in [-0.4, -0.2) is 26.1 Å². The van der Waals surface area contributed by atoms with Crippen LogP contribution in [0.3, 0.4) is 0 Å². The molecule has 5 heteroatoms. The molecule has 0 aliphatic carbocycles. The van der Waals surface area contributed by atoms with E-state index in [0.717, 1.165) is 37.4 Å². The lowest BCUT2D eigenvalue weighted by atomic mass is 10.2. The Hall–Kier alpha value is -1.62. The van der Waals surface area contributed by atoms with Crippen molar-refractivity contribution in [1.29, 1.82) is 0 Å². The molecule has 0 aliphatic rings. The Bertz CT molecular complexity index is 540. The van der Waals surface area contributed by atoms with Crippen molar-refractivity contribution >= 4 is 0 Å². The van der Waals surface area contributed by atoms with Crippen LogP contribution in [0.4, 0.5) is 0 Å². The minimum absolute atomic E-state index is 0.451. The van der Waals surface area contributed by atoms with Gasteiger partial charge in [0, 0.05) is 25.0 Å². The Morgan fingerprint density at radius 3 is 2.57 bits per heavy atom. The fourth-order valence-corrected chi connectivity index (χ4v) is 2.14. The van der Waals surface area contributed by atoms with E-state index in [1.54, 1.807) is 0 Å². The summed E-state index contributed by atoms with van der Waals surface area (Å²) >= 11 is 0. The van der Waals surface area contributed by atoms with Gasteiger partial charge in [-0.25, -0.2) is 0 Å². The Balaban J connectivity index is 1.88. The first-order chi connectivity index (χ1) is 10.1. The van der Waals surface area contributed by atoms with Gasteiger partial charge >= 0.3 is 0 Å². The third kappa shape index (κ3) is 4.70. The molecule has 0 spiro atoms. The molecule has 2 aromatic heterocycles. The van der Waals surface area contributed by atoms with Gasteiger partial charge in [0.15, 0.2) is 0 Å². The summed E-state index contributed by atoms with van der Waals surface area (Å²) in [6.45, 7) is 11.4. The van der Waals surface area contributed by atoms with E-state index < -0.39 is 0 Å². The van der Waals surface area contributed by atoms with E-state index in [0.29, 0.717) is 12.0 Å². The molecular formula is C16H27N5. The molecule has 2 rings (SSSR count). The lowest BCUT2D eigenvalue weighted by Gasteiger charge is -2.08.